The summed E-state index contributed by atoms with van der Waals surface area (Å²) >= 11 is 0. The molecule has 1 aliphatic rings. The molecule has 2 N–H and O–H groups in total. The second-order valence-corrected chi connectivity index (χ2v) is 8.73. The number of aliphatic hydroxyl groups is 1. The van der Waals surface area contributed by atoms with Crippen LogP contribution in [0.15, 0.2) is 33.6 Å². The number of carbonyl (C=O) groups is 1. The molecule has 1 saturated carbocycles. The van der Waals surface area contributed by atoms with Gasteiger partial charge in [0.25, 0.3) is 5.91 Å². The first-order valence-electron chi connectivity index (χ1n) is 8.22. The first kappa shape index (κ1) is 17.9. The van der Waals surface area contributed by atoms with Crippen molar-refractivity contribution in [1.82, 2.24) is 9.62 Å². The summed E-state index contributed by atoms with van der Waals surface area (Å²) in [5.41, 5.74) is 0.460. The molecule has 2 aromatic rings. The second-order valence-electron chi connectivity index (χ2n) is 6.58. The number of rotatable bonds is 4. The van der Waals surface area contributed by atoms with Gasteiger partial charge in [-0.15, -0.1) is 0 Å². The maximum atomic E-state index is 12.4. The second kappa shape index (κ2) is 6.78. The van der Waals surface area contributed by atoms with Crippen LogP contribution in [0.5, 0.6) is 0 Å². The van der Waals surface area contributed by atoms with Gasteiger partial charge in [-0.2, -0.15) is 0 Å². The van der Waals surface area contributed by atoms with Crippen LogP contribution in [0.2, 0.25) is 0 Å². The van der Waals surface area contributed by atoms with Crippen LogP contribution >= 0.6 is 0 Å². The Morgan fingerprint density at radius 3 is 2.52 bits per heavy atom. The minimum atomic E-state index is -3.54. The maximum Gasteiger partial charge on any atom is 0.287 e. The summed E-state index contributed by atoms with van der Waals surface area (Å²) < 4.78 is 31.1. The first-order valence-corrected chi connectivity index (χ1v) is 9.66. The lowest BCUT2D eigenvalue weighted by molar-refractivity contribution is 0.0845. The van der Waals surface area contributed by atoms with Gasteiger partial charge < -0.3 is 14.8 Å². The summed E-state index contributed by atoms with van der Waals surface area (Å²) in [6.45, 7) is 0. The largest absolute Gasteiger partial charge is 0.451 e. The third-order valence-corrected chi connectivity index (χ3v) is 6.33. The minimum Gasteiger partial charge on any atom is -0.451 e. The third kappa shape index (κ3) is 3.70. The summed E-state index contributed by atoms with van der Waals surface area (Å²) in [4.78, 5) is 12.5. The van der Waals surface area contributed by atoms with Crippen molar-refractivity contribution in [3.63, 3.8) is 0 Å². The van der Waals surface area contributed by atoms with Gasteiger partial charge in [-0.3, -0.25) is 4.79 Å². The predicted octanol–water partition coefficient (Wildman–Crippen LogP) is 1.72. The molecule has 1 heterocycles. The third-order valence-electron chi connectivity index (χ3n) is 4.52. The molecule has 0 radical (unpaired) electrons. The van der Waals surface area contributed by atoms with Gasteiger partial charge in [0, 0.05) is 25.5 Å². The SMILES string of the molecule is CN(C)S(=O)(=O)c1ccc2oc(C(=O)NC3CCC(O)CC3)cc2c1. The zero-order valence-electron chi connectivity index (χ0n) is 14.2. The fraction of sp³-hybridized carbons (Fsp3) is 0.471. The number of sulfonamides is 1. The number of hydrogen-bond donors (Lipinski definition) is 2. The van der Waals surface area contributed by atoms with Crippen molar-refractivity contribution in [3.8, 4) is 0 Å². The Kier molecular flexibility index (Phi) is 4.86. The van der Waals surface area contributed by atoms with Crippen molar-refractivity contribution in [2.24, 2.45) is 0 Å². The molecule has 0 spiro atoms. The fourth-order valence-electron chi connectivity index (χ4n) is 2.98. The number of nitrogens with one attached hydrogen (secondary N) is 1. The molecular formula is C17H22N2O5S. The average molecular weight is 366 g/mol. The Morgan fingerprint density at radius 1 is 1.20 bits per heavy atom. The lowest BCUT2D eigenvalue weighted by Crippen LogP contribution is -2.38. The maximum absolute atomic E-state index is 12.4. The number of benzene rings is 1. The van der Waals surface area contributed by atoms with Crippen molar-refractivity contribution in [2.75, 3.05) is 14.1 Å². The molecular weight excluding hydrogens is 344 g/mol. The number of nitrogens with zero attached hydrogens (tertiary/aromatic N) is 1. The van der Waals surface area contributed by atoms with Crippen LogP contribution in [0.3, 0.4) is 0 Å². The van der Waals surface area contributed by atoms with E-state index in [4.69, 9.17) is 4.42 Å². The molecule has 1 aliphatic carbocycles. The van der Waals surface area contributed by atoms with E-state index in [0.29, 0.717) is 23.8 Å². The molecule has 8 heteroatoms. The van der Waals surface area contributed by atoms with Crippen LogP contribution in [0, 0.1) is 0 Å². The summed E-state index contributed by atoms with van der Waals surface area (Å²) in [7, 11) is -0.606. The Morgan fingerprint density at radius 2 is 1.88 bits per heavy atom. The number of aliphatic hydroxyl groups excluding tert-OH is 1. The van der Waals surface area contributed by atoms with Crippen molar-refractivity contribution in [1.29, 1.82) is 0 Å². The van der Waals surface area contributed by atoms with Gasteiger partial charge in [0.1, 0.15) is 5.58 Å². The highest BCUT2D eigenvalue weighted by Gasteiger charge is 2.23. The van der Waals surface area contributed by atoms with Crippen molar-refractivity contribution < 1.29 is 22.7 Å². The number of carbonyl (C=O) groups excluding carboxylic acids is 1. The number of hydrogen-bond acceptors (Lipinski definition) is 5. The van der Waals surface area contributed by atoms with E-state index in [0.717, 1.165) is 17.1 Å². The van der Waals surface area contributed by atoms with Gasteiger partial charge in [0.05, 0.1) is 11.0 Å². The molecule has 7 nitrogen and oxygen atoms in total. The van der Waals surface area contributed by atoms with Crippen molar-refractivity contribution in [2.45, 2.75) is 42.7 Å². The van der Waals surface area contributed by atoms with E-state index in [-0.39, 0.29) is 28.7 Å². The number of amides is 1. The molecule has 0 aliphatic heterocycles. The topological polar surface area (TPSA) is 99.9 Å². The average Bonchev–Trinajstić information content (AvgIpc) is 3.00. The summed E-state index contributed by atoms with van der Waals surface area (Å²) in [6, 6.07) is 6.10. The zero-order chi connectivity index (χ0) is 18.2. The van der Waals surface area contributed by atoms with E-state index in [1.165, 1.54) is 26.2 Å². The van der Waals surface area contributed by atoms with E-state index < -0.39 is 10.0 Å². The summed E-state index contributed by atoms with van der Waals surface area (Å²) in [5.74, 6) is -0.171. The van der Waals surface area contributed by atoms with Crippen LogP contribution in [0.4, 0.5) is 0 Å². The normalized spacial score (nSPS) is 21.6. The Bertz CT molecular complexity index is 880. The number of fused-ring (bicyclic) bond motifs is 1. The van der Waals surface area contributed by atoms with Gasteiger partial charge in [0.15, 0.2) is 5.76 Å². The summed E-state index contributed by atoms with van der Waals surface area (Å²) in [6.07, 6.45) is 2.54. The molecule has 25 heavy (non-hydrogen) atoms. The molecule has 136 valence electrons. The van der Waals surface area contributed by atoms with Gasteiger partial charge in [-0.05, 0) is 49.9 Å². The first-order chi connectivity index (χ1) is 11.8. The molecule has 1 fully saturated rings. The highest BCUT2D eigenvalue weighted by molar-refractivity contribution is 7.89. The molecule has 1 aromatic heterocycles. The van der Waals surface area contributed by atoms with Crippen LogP contribution in [-0.4, -0.2) is 50.0 Å². The van der Waals surface area contributed by atoms with Gasteiger partial charge in [-0.25, -0.2) is 12.7 Å². The molecule has 0 unspecified atom stereocenters. The predicted molar refractivity (Wildman–Crippen MR) is 92.8 cm³/mol. The van der Waals surface area contributed by atoms with E-state index in [2.05, 4.69) is 5.32 Å². The lowest BCUT2D eigenvalue weighted by Gasteiger charge is -2.25. The Hall–Kier alpha value is -1.90. The monoisotopic (exact) mass is 366 g/mol. The van der Waals surface area contributed by atoms with E-state index in [9.17, 15) is 18.3 Å². The smallest absolute Gasteiger partial charge is 0.287 e. The van der Waals surface area contributed by atoms with Gasteiger partial charge in [-0.1, -0.05) is 0 Å². The molecule has 1 aromatic carbocycles. The van der Waals surface area contributed by atoms with Crippen LogP contribution in [0.1, 0.15) is 36.2 Å². The van der Waals surface area contributed by atoms with E-state index in [1.54, 1.807) is 12.1 Å². The zero-order valence-corrected chi connectivity index (χ0v) is 15.0. The van der Waals surface area contributed by atoms with E-state index in [1.807, 2.05) is 0 Å². The van der Waals surface area contributed by atoms with Crippen LogP contribution in [0.25, 0.3) is 11.0 Å². The minimum absolute atomic E-state index is 0.0220. The quantitative estimate of drug-likeness (QED) is 0.858. The van der Waals surface area contributed by atoms with Crippen LogP contribution in [-0.2, 0) is 10.0 Å². The van der Waals surface area contributed by atoms with Crippen LogP contribution < -0.4 is 5.32 Å². The lowest BCUT2D eigenvalue weighted by atomic mass is 9.93. The molecule has 0 atom stereocenters. The molecule has 3 rings (SSSR count). The molecule has 0 bridgehead atoms. The van der Waals surface area contributed by atoms with Gasteiger partial charge >= 0.3 is 0 Å². The number of furan rings is 1. The fourth-order valence-corrected chi connectivity index (χ4v) is 3.92. The van der Waals surface area contributed by atoms with E-state index >= 15 is 0 Å². The molecule has 1 amide bonds. The Labute approximate surface area is 146 Å². The standard InChI is InChI=1S/C17H22N2O5S/c1-19(2)25(22,23)14-7-8-15-11(9-14)10-16(24-15)17(21)18-12-3-5-13(20)6-4-12/h7-10,12-13,20H,3-6H2,1-2H3,(H,18,21). The van der Waals surface area contributed by atoms with Crippen molar-refractivity contribution in [3.05, 3.63) is 30.0 Å². The Balaban J connectivity index is 1.80. The van der Waals surface area contributed by atoms with Gasteiger partial charge in [0.2, 0.25) is 10.0 Å². The van der Waals surface area contributed by atoms with Crippen molar-refractivity contribution >= 4 is 26.9 Å². The summed E-state index contributed by atoms with van der Waals surface area (Å²) in [5, 5.41) is 13.0. The highest BCUT2D eigenvalue weighted by atomic mass is 32.2. The molecule has 0 saturated heterocycles. The highest BCUT2D eigenvalue weighted by Crippen LogP contribution is 2.25.